The number of hydrogen-bond donors (Lipinski definition) is 1. The number of aryl methyl sites for hydroxylation is 1. The number of hydrogen-bond acceptors (Lipinski definition) is 6. The molecule has 1 amide bonds. The minimum absolute atomic E-state index is 0.0107. The lowest BCUT2D eigenvalue weighted by atomic mass is 10.1. The van der Waals surface area contributed by atoms with Gasteiger partial charge in [0.2, 0.25) is 15.9 Å². The molecule has 1 N–H and O–H groups in total. The van der Waals surface area contributed by atoms with Gasteiger partial charge in [-0.3, -0.25) is 14.2 Å². The average Bonchev–Trinajstić information content (AvgIpc) is 3.40. The van der Waals surface area contributed by atoms with Crippen LogP contribution in [0.2, 0.25) is 0 Å². The summed E-state index contributed by atoms with van der Waals surface area (Å²) < 4.78 is 33.5. The van der Waals surface area contributed by atoms with Gasteiger partial charge in [0.25, 0.3) is 0 Å². The molecule has 0 unspecified atom stereocenters. The molecule has 1 aliphatic rings. The number of sulfonamides is 1. The van der Waals surface area contributed by atoms with Crippen LogP contribution in [-0.2, 0) is 21.4 Å². The summed E-state index contributed by atoms with van der Waals surface area (Å²) in [6.07, 6.45) is 1.67. The van der Waals surface area contributed by atoms with E-state index in [1.54, 1.807) is 24.3 Å². The number of anilines is 1. The van der Waals surface area contributed by atoms with Gasteiger partial charge < -0.3 is 9.73 Å². The molecule has 4 rings (SSSR count). The minimum atomic E-state index is -3.63. The van der Waals surface area contributed by atoms with Crippen LogP contribution < -0.4 is 11.1 Å². The first kappa shape index (κ1) is 22.0. The Kier molecular flexibility index (Phi) is 5.98. The van der Waals surface area contributed by atoms with Gasteiger partial charge in [0, 0.05) is 43.4 Å². The molecule has 1 fully saturated rings. The van der Waals surface area contributed by atoms with E-state index in [2.05, 4.69) is 5.32 Å². The van der Waals surface area contributed by atoms with Crippen LogP contribution in [0.15, 0.2) is 56.6 Å². The van der Waals surface area contributed by atoms with Crippen LogP contribution in [0.3, 0.4) is 0 Å². The molecule has 32 heavy (non-hydrogen) atoms. The molecule has 0 aliphatic carbocycles. The molecule has 10 heteroatoms. The maximum atomic E-state index is 12.7. The van der Waals surface area contributed by atoms with Crippen LogP contribution in [0.4, 0.5) is 5.69 Å². The Morgan fingerprint density at radius 3 is 2.41 bits per heavy atom. The van der Waals surface area contributed by atoms with Crippen molar-refractivity contribution in [2.24, 2.45) is 0 Å². The number of amides is 1. The molecule has 0 radical (unpaired) electrons. The van der Waals surface area contributed by atoms with Gasteiger partial charge >= 0.3 is 5.76 Å². The third-order valence-corrected chi connectivity index (χ3v) is 7.37. The highest BCUT2D eigenvalue weighted by Gasteiger charge is 2.28. The molecule has 1 aliphatic heterocycles. The average molecular weight is 458 g/mol. The third kappa shape index (κ3) is 4.37. The van der Waals surface area contributed by atoms with Crippen molar-refractivity contribution < 1.29 is 22.4 Å². The summed E-state index contributed by atoms with van der Waals surface area (Å²) in [6.45, 7) is 2.50. The van der Waals surface area contributed by atoms with E-state index in [1.165, 1.54) is 34.0 Å². The molecular weight excluding hydrogens is 434 g/mol. The molecule has 0 spiro atoms. The molecule has 168 valence electrons. The predicted molar refractivity (Wildman–Crippen MR) is 118 cm³/mol. The second kappa shape index (κ2) is 8.71. The fraction of sp³-hybridized carbons (Fsp3) is 0.318. The van der Waals surface area contributed by atoms with Crippen molar-refractivity contribution in [2.45, 2.75) is 37.6 Å². The van der Waals surface area contributed by atoms with Gasteiger partial charge in [-0.25, -0.2) is 13.2 Å². The summed E-state index contributed by atoms with van der Waals surface area (Å²) >= 11 is 0. The van der Waals surface area contributed by atoms with Gasteiger partial charge in [-0.05, 0) is 56.2 Å². The normalized spacial score (nSPS) is 14.7. The Balaban J connectivity index is 1.47. The van der Waals surface area contributed by atoms with Gasteiger partial charge in [0.1, 0.15) is 0 Å². The SMILES string of the molecule is CC(=O)c1ccc(NC(=O)CCn2c(=O)oc3cc(S(=O)(=O)N4CCCC4)ccc32)cc1. The van der Waals surface area contributed by atoms with Crippen molar-refractivity contribution in [1.29, 1.82) is 0 Å². The van der Waals surface area contributed by atoms with Gasteiger partial charge in [-0.2, -0.15) is 4.31 Å². The number of Topliss-reactive ketones (excluding diaryl/α,β-unsaturated/α-hetero) is 1. The fourth-order valence-corrected chi connectivity index (χ4v) is 5.25. The van der Waals surface area contributed by atoms with Crippen molar-refractivity contribution in [1.82, 2.24) is 8.87 Å². The third-order valence-electron chi connectivity index (χ3n) is 5.48. The highest BCUT2D eigenvalue weighted by molar-refractivity contribution is 7.89. The number of carbonyl (C=O) groups is 2. The number of fused-ring (bicyclic) bond motifs is 1. The van der Waals surface area contributed by atoms with E-state index >= 15 is 0 Å². The molecule has 2 aromatic carbocycles. The summed E-state index contributed by atoms with van der Waals surface area (Å²) in [5.74, 6) is -1.03. The number of aromatic nitrogens is 1. The smallest absolute Gasteiger partial charge is 0.408 e. The second-order valence-corrected chi connectivity index (χ2v) is 9.63. The number of benzene rings is 2. The lowest BCUT2D eigenvalue weighted by molar-refractivity contribution is -0.116. The molecule has 3 aromatic rings. The largest absolute Gasteiger partial charge is 0.419 e. The maximum absolute atomic E-state index is 12.7. The van der Waals surface area contributed by atoms with Crippen LogP contribution in [0.1, 0.15) is 36.5 Å². The number of carbonyl (C=O) groups excluding carboxylic acids is 2. The Morgan fingerprint density at radius 1 is 1.06 bits per heavy atom. The number of nitrogens with one attached hydrogen (secondary N) is 1. The van der Waals surface area contributed by atoms with Gasteiger partial charge in [0.15, 0.2) is 11.4 Å². The van der Waals surface area contributed by atoms with Crippen molar-refractivity contribution in [3.05, 3.63) is 58.6 Å². The number of nitrogens with zero attached hydrogens (tertiary/aromatic N) is 2. The lowest BCUT2D eigenvalue weighted by Gasteiger charge is -2.15. The van der Waals surface area contributed by atoms with E-state index in [4.69, 9.17) is 4.42 Å². The quantitative estimate of drug-likeness (QED) is 0.545. The van der Waals surface area contributed by atoms with E-state index in [1.807, 2.05) is 0 Å². The van der Waals surface area contributed by atoms with Crippen LogP contribution in [0.5, 0.6) is 0 Å². The van der Waals surface area contributed by atoms with E-state index in [0.29, 0.717) is 29.9 Å². The van der Waals surface area contributed by atoms with Crippen LogP contribution in [0, 0.1) is 0 Å². The number of rotatable bonds is 7. The van der Waals surface area contributed by atoms with Crippen LogP contribution in [0.25, 0.3) is 11.1 Å². The zero-order valence-electron chi connectivity index (χ0n) is 17.5. The van der Waals surface area contributed by atoms with Crippen molar-refractivity contribution in [2.75, 3.05) is 18.4 Å². The van der Waals surface area contributed by atoms with E-state index in [9.17, 15) is 22.8 Å². The zero-order chi connectivity index (χ0) is 22.9. The lowest BCUT2D eigenvalue weighted by Crippen LogP contribution is -2.27. The first-order chi connectivity index (χ1) is 15.3. The van der Waals surface area contributed by atoms with Crippen molar-refractivity contribution in [3.8, 4) is 0 Å². The zero-order valence-corrected chi connectivity index (χ0v) is 18.4. The minimum Gasteiger partial charge on any atom is -0.408 e. The second-order valence-electron chi connectivity index (χ2n) is 7.69. The van der Waals surface area contributed by atoms with Crippen LogP contribution in [-0.4, -0.2) is 42.1 Å². The molecule has 1 saturated heterocycles. The summed E-state index contributed by atoms with van der Waals surface area (Å²) in [6, 6.07) is 10.9. The summed E-state index contributed by atoms with van der Waals surface area (Å²) in [5.41, 5.74) is 1.68. The first-order valence-corrected chi connectivity index (χ1v) is 11.7. The Bertz CT molecular complexity index is 1330. The topological polar surface area (TPSA) is 119 Å². The van der Waals surface area contributed by atoms with E-state index in [-0.39, 0.29) is 35.1 Å². The Labute approximate surface area is 184 Å². The first-order valence-electron chi connectivity index (χ1n) is 10.3. The van der Waals surface area contributed by atoms with Gasteiger partial charge in [-0.1, -0.05) is 0 Å². The molecule has 2 heterocycles. The fourth-order valence-electron chi connectivity index (χ4n) is 3.72. The van der Waals surface area contributed by atoms with Gasteiger partial charge in [-0.15, -0.1) is 0 Å². The van der Waals surface area contributed by atoms with E-state index < -0.39 is 15.8 Å². The predicted octanol–water partition coefficient (Wildman–Crippen LogP) is 2.61. The Hall–Kier alpha value is -3.24. The standard InChI is InChI=1S/C22H23N3O6S/c1-15(26)16-4-6-17(7-5-16)23-21(27)10-13-25-19-9-8-18(14-20(19)31-22(25)28)32(29,30)24-11-2-3-12-24/h4-9,14H,2-3,10-13H2,1H3,(H,23,27). The summed E-state index contributed by atoms with van der Waals surface area (Å²) in [5, 5.41) is 2.72. The van der Waals surface area contributed by atoms with Crippen molar-refractivity contribution >= 4 is 38.5 Å². The molecule has 0 atom stereocenters. The van der Waals surface area contributed by atoms with E-state index in [0.717, 1.165) is 12.8 Å². The Morgan fingerprint density at radius 2 is 1.75 bits per heavy atom. The van der Waals surface area contributed by atoms with Crippen LogP contribution >= 0.6 is 0 Å². The number of oxazole rings is 1. The monoisotopic (exact) mass is 457 g/mol. The number of ketones is 1. The molecular formula is C22H23N3O6S. The molecule has 9 nitrogen and oxygen atoms in total. The maximum Gasteiger partial charge on any atom is 0.419 e. The summed E-state index contributed by atoms with van der Waals surface area (Å²) in [4.78, 5) is 36.0. The molecule has 0 saturated carbocycles. The molecule has 1 aromatic heterocycles. The van der Waals surface area contributed by atoms with Crippen molar-refractivity contribution in [3.63, 3.8) is 0 Å². The highest BCUT2D eigenvalue weighted by Crippen LogP contribution is 2.24. The highest BCUT2D eigenvalue weighted by atomic mass is 32.2. The summed E-state index contributed by atoms with van der Waals surface area (Å²) in [7, 11) is -3.63. The van der Waals surface area contributed by atoms with Gasteiger partial charge in [0.05, 0.1) is 10.4 Å². The molecule has 0 bridgehead atoms.